The predicted molar refractivity (Wildman–Crippen MR) is 66.8 cm³/mol. The summed E-state index contributed by atoms with van der Waals surface area (Å²) in [5.74, 6) is 0. The number of hydrogen-bond donors (Lipinski definition) is 1. The number of hydrogen-bond acceptors (Lipinski definition) is 2. The van der Waals surface area contributed by atoms with Crippen LogP contribution in [0.5, 0.6) is 0 Å². The first kappa shape index (κ1) is 14.3. The summed E-state index contributed by atoms with van der Waals surface area (Å²) >= 11 is 0. The fraction of sp³-hybridized carbons (Fsp3) is 0.571. The summed E-state index contributed by atoms with van der Waals surface area (Å²) in [7, 11) is 0. The van der Waals surface area contributed by atoms with Gasteiger partial charge < -0.3 is 10.1 Å². The molecule has 0 radical (unpaired) electrons. The van der Waals surface area contributed by atoms with Crippen LogP contribution in [-0.4, -0.2) is 19.3 Å². The van der Waals surface area contributed by atoms with Gasteiger partial charge in [0.05, 0.1) is 5.56 Å². The molecule has 0 aliphatic carbocycles. The van der Waals surface area contributed by atoms with E-state index in [1.165, 1.54) is 6.07 Å². The van der Waals surface area contributed by atoms with Gasteiger partial charge in [-0.1, -0.05) is 18.2 Å². The molecule has 0 bridgehead atoms. The van der Waals surface area contributed by atoms with E-state index in [0.29, 0.717) is 18.8 Å². The van der Waals surface area contributed by atoms with Crippen molar-refractivity contribution in [3.05, 3.63) is 35.4 Å². The first-order valence-electron chi connectivity index (χ1n) is 6.48. The van der Waals surface area contributed by atoms with Gasteiger partial charge in [0.15, 0.2) is 0 Å². The van der Waals surface area contributed by atoms with Crippen molar-refractivity contribution in [3.8, 4) is 0 Å². The topological polar surface area (TPSA) is 21.3 Å². The Morgan fingerprint density at radius 2 is 1.84 bits per heavy atom. The van der Waals surface area contributed by atoms with E-state index in [0.717, 1.165) is 18.9 Å². The normalized spacial score (nSPS) is 19.4. The third-order valence-electron chi connectivity index (χ3n) is 3.44. The average Bonchev–Trinajstić information content (AvgIpc) is 2.39. The van der Waals surface area contributed by atoms with Crippen molar-refractivity contribution in [2.24, 2.45) is 0 Å². The zero-order valence-electron chi connectivity index (χ0n) is 10.8. The van der Waals surface area contributed by atoms with Gasteiger partial charge in [-0.2, -0.15) is 13.2 Å². The molecule has 106 valence electrons. The molecule has 0 amide bonds. The van der Waals surface area contributed by atoms with Crippen molar-refractivity contribution in [1.29, 1.82) is 0 Å². The Labute approximate surface area is 111 Å². The maximum atomic E-state index is 12.9. The lowest BCUT2D eigenvalue weighted by atomic mass is 9.99. The van der Waals surface area contributed by atoms with E-state index in [2.05, 4.69) is 5.32 Å². The number of alkyl halides is 3. The minimum atomic E-state index is -4.30. The van der Waals surface area contributed by atoms with Crippen LogP contribution in [0, 0.1) is 0 Å². The molecular weight excluding hydrogens is 255 g/mol. The number of ether oxygens (including phenoxy) is 1. The van der Waals surface area contributed by atoms with Crippen LogP contribution in [0.4, 0.5) is 13.2 Å². The predicted octanol–water partition coefficient (Wildman–Crippen LogP) is 3.54. The SMILES string of the molecule is CC(NC1CCOCC1)c1ccccc1C(F)(F)F. The van der Waals surface area contributed by atoms with Gasteiger partial charge in [0.25, 0.3) is 0 Å². The molecule has 1 aromatic rings. The molecule has 1 aliphatic rings. The zero-order valence-corrected chi connectivity index (χ0v) is 10.8. The number of nitrogens with one attached hydrogen (secondary N) is 1. The summed E-state index contributed by atoms with van der Waals surface area (Å²) in [4.78, 5) is 0. The molecule has 1 heterocycles. The highest BCUT2D eigenvalue weighted by Gasteiger charge is 2.34. The zero-order chi connectivity index (χ0) is 13.9. The summed E-state index contributed by atoms with van der Waals surface area (Å²) in [5, 5.41) is 3.27. The van der Waals surface area contributed by atoms with E-state index >= 15 is 0 Å². The molecule has 1 atom stereocenters. The lowest BCUT2D eigenvalue weighted by Crippen LogP contribution is -2.37. The average molecular weight is 273 g/mol. The van der Waals surface area contributed by atoms with E-state index in [1.54, 1.807) is 19.1 Å². The van der Waals surface area contributed by atoms with Crippen LogP contribution in [-0.2, 0) is 10.9 Å². The quantitative estimate of drug-likeness (QED) is 0.909. The largest absolute Gasteiger partial charge is 0.416 e. The first-order valence-corrected chi connectivity index (χ1v) is 6.48. The molecule has 0 spiro atoms. The van der Waals surface area contributed by atoms with Gasteiger partial charge in [-0.05, 0) is 31.4 Å². The van der Waals surface area contributed by atoms with E-state index < -0.39 is 11.7 Å². The molecule has 1 fully saturated rings. The van der Waals surface area contributed by atoms with E-state index in [1.807, 2.05) is 0 Å². The second kappa shape index (κ2) is 5.92. The second-order valence-corrected chi connectivity index (χ2v) is 4.86. The Balaban J connectivity index is 2.12. The van der Waals surface area contributed by atoms with Crippen LogP contribution in [0.15, 0.2) is 24.3 Å². The smallest absolute Gasteiger partial charge is 0.381 e. The number of rotatable bonds is 3. The molecule has 19 heavy (non-hydrogen) atoms. The van der Waals surface area contributed by atoms with Crippen molar-refractivity contribution in [2.45, 2.75) is 38.0 Å². The van der Waals surface area contributed by atoms with Crippen molar-refractivity contribution < 1.29 is 17.9 Å². The summed E-state index contributed by atoms with van der Waals surface area (Å²) in [6, 6.07) is 5.66. The first-order chi connectivity index (χ1) is 8.98. The maximum Gasteiger partial charge on any atom is 0.416 e. The Morgan fingerprint density at radius 1 is 1.21 bits per heavy atom. The molecule has 2 rings (SSSR count). The van der Waals surface area contributed by atoms with E-state index in [9.17, 15) is 13.2 Å². The highest BCUT2D eigenvalue weighted by Crippen LogP contribution is 2.34. The van der Waals surface area contributed by atoms with Crippen molar-refractivity contribution in [2.75, 3.05) is 13.2 Å². The molecule has 1 saturated heterocycles. The van der Waals surface area contributed by atoms with Crippen molar-refractivity contribution in [1.82, 2.24) is 5.32 Å². The molecular formula is C14H18F3NO. The number of benzene rings is 1. The molecule has 5 heteroatoms. The van der Waals surface area contributed by atoms with Crippen LogP contribution < -0.4 is 5.32 Å². The number of halogens is 3. The molecule has 1 aromatic carbocycles. The second-order valence-electron chi connectivity index (χ2n) is 4.86. The van der Waals surface area contributed by atoms with Gasteiger partial charge >= 0.3 is 6.18 Å². The summed E-state index contributed by atoms with van der Waals surface area (Å²) in [5.41, 5.74) is -0.247. The standard InChI is InChI=1S/C14H18F3NO/c1-10(18-11-6-8-19-9-7-11)12-4-2-3-5-13(12)14(15,16)17/h2-5,10-11,18H,6-9H2,1H3. The molecule has 2 nitrogen and oxygen atoms in total. The molecule has 1 N–H and O–H groups in total. The lowest BCUT2D eigenvalue weighted by Gasteiger charge is -2.28. The Hall–Kier alpha value is -1.07. The van der Waals surface area contributed by atoms with Crippen LogP contribution in [0.1, 0.15) is 36.9 Å². The van der Waals surface area contributed by atoms with Crippen LogP contribution in [0.3, 0.4) is 0 Å². The highest BCUT2D eigenvalue weighted by molar-refractivity contribution is 5.32. The molecule has 1 unspecified atom stereocenters. The molecule has 0 aromatic heterocycles. The van der Waals surface area contributed by atoms with E-state index in [-0.39, 0.29) is 12.1 Å². The van der Waals surface area contributed by atoms with Crippen LogP contribution in [0.25, 0.3) is 0 Å². The van der Waals surface area contributed by atoms with Gasteiger partial charge in [-0.25, -0.2) is 0 Å². The molecule has 1 aliphatic heterocycles. The summed E-state index contributed by atoms with van der Waals surface area (Å²) in [6.07, 6.45) is -2.61. The fourth-order valence-corrected chi connectivity index (χ4v) is 2.44. The minimum absolute atomic E-state index is 0.227. The van der Waals surface area contributed by atoms with E-state index in [4.69, 9.17) is 4.74 Å². The van der Waals surface area contributed by atoms with Gasteiger partial charge in [-0.15, -0.1) is 0 Å². The Bertz CT molecular complexity index is 413. The highest BCUT2D eigenvalue weighted by atomic mass is 19.4. The fourth-order valence-electron chi connectivity index (χ4n) is 2.44. The Kier molecular flexibility index (Phi) is 4.47. The van der Waals surface area contributed by atoms with Gasteiger partial charge in [0.2, 0.25) is 0 Å². The summed E-state index contributed by atoms with van der Waals surface area (Å²) in [6.45, 7) is 3.12. The Morgan fingerprint density at radius 3 is 2.47 bits per heavy atom. The maximum absolute atomic E-state index is 12.9. The third-order valence-corrected chi connectivity index (χ3v) is 3.44. The van der Waals surface area contributed by atoms with Crippen molar-refractivity contribution >= 4 is 0 Å². The minimum Gasteiger partial charge on any atom is -0.381 e. The molecule has 0 saturated carbocycles. The lowest BCUT2D eigenvalue weighted by molar-refractivity contribution is -0.138. The summed E-state index contributed by atoms with van der Waals surface area (Å²) < 4.78 is 44.1. The van der Waals surface area contributed by atoms with Gasteiger partial charge in [-0.3, -0.25) is 0 Å². The monoisotopic (exact) mass is 273 g/mol. The van der Waals surface area contributed by atoms with Crippen LogP contribution >= 0.6 is 0 Å². The third kappa shape index (κ3) is 3.70. The van der Waals surface area contributed by atoms with Gasteiger partial charge in [0, 0.05) is 25.3 Å². The van der Waals surface area contributed by atoms with Gasteiger partial charge in [0.1, 0.15) is 0 Å². The van der Waals surface area contributed by atoms with Crippen LogP contribution in [0.2, 0.25) is 0 Å². The van der Waals surface area contributed by atoms with Crippen molar-refractivity contribution in [3.63, 3.8) is 0 Å².